The van der Waals surface area contributed by atoms with Gasteiger partial charge < -0.3 is 4.42 Å². The first-order chi connectivity index (χ1) is 12.0. The first-order valence-corrected chi connectivity index (χ1v) is 8.35. The van der Waals surface area contributed by atoms with Gasteiger partial charge in [0.15, 0.2) is 22.5 Å². The van der Waals surface area contributed by atoms with E-state index in [1.165, 1.54) is 35.7 Å². The number of nitrogens with zero attached hydrogens (tertiary/aromatic N) is 2. The first-order valence-electron chi connectivity index (χ1n) is 7.37. The predicted octanol–water partition coefficient (Wildman–Crippen LogP) is 2.57. The molecule has 126 valence electrons. The van der Waals surface area contributed by atoms with Crippen LogP contribution in [0.1, 0.15) is 21.7 Å². The Labute approximate surface area is 147 Å². The smallest absolute Gasteiger partial charge is 0.313 e. The highest BCUT2D eigenvalue weighted by Crippen LogP contribution is 2.15. The van der Waals surface area contributed by atoms with E-state index in [4.69, 9.17) is 9.83 Å². The molecule has 1 aromatic heterocycles. The van der Waals surface area contributed by atoms with Crippen molar-refractivity contribution in [2.45, 2.75) is 12.7 Å². The van der Waals surface area contributed by atoms with Crippen LogP contribution >= 0.6 is 11.8 Å². The number of furan rings is 1. The number of nitrogens with one attached hydrogen (secondary N) is 2. The normalized spacial score (nSPS) is 15.9. The molecular formula is C17H14N4O3S. The highest BCUT2D eigenvalue weighted by molar-refractivity contribution is 8.13. The third-order valence-electron chi connectivity index (χ3n) is 3.31. The molecule has 0 fully saturated rings. The predicted molar refractivity (Wildman–Crippen MR) is 96.3 cm³/mol. The summed E-state index contributed by atoms with van der Waals surface area (Å²) in [4.78, 5) is 31.6. The number of aryl methyl sites for hydroxylation is 1. The van der Waals surface area contributed by atoms with Crippen LogP contribution in [0.2, 0.25) is 0 Å². The van der Waals surface area contributed by atoms with Gasteiger partial charge in [-0.1, -0.05) is 41.6 Å². The van der Waals surface area contributed by atoms with Crippen LogP contribution in [0.15, 0.2) is 57.1 Å². The number of amides is 2. The van der Waals surface area contributed by atoms with Crippen molar-refractivity contribution in [1.82, 2.24) is 5.32 Å². The lowest BCUT2D eigenvalue weighted by Gasteiger charge is -2.14. The van der Waals surface area contributed by atoms with Gasteiger partial charge in [0.2, 0.25) is 0 Å². The maximum Gasteiger partial charge on any atom is 0.313 e. The number of carbonyl (C=O) groups is 2. The molecule has 2 amide bonds. The second-order valence-corrected chi connectivity index (χ2v) is 6.20. The quantitative estimate of drug-likeness (QED) is 0.883. The number of benzene rings is 1. The van der Waals surface area contributed by atoms with Gasteiger partial charge in [0.05, 0.1) is 6.26 Å². The van der Waals surface area contributed by atoms with Crippen LogP contribution in [-0.2, 0) is 10.5 Å². The van der Waals surface area contributed by atoms with Crippen LogP contribution < -0.4 is 5.32 Å². The number of thioether (sulfide) groups is 1. The molecule has 2 aromatic rings. The Kier molecular flexibility index (Phi) is 4.90. The molecular weight excluding hydrogens is 340 g/mol. The zero-order valence-corrected chi connectivity index (χ0v) is 14.1. The average Bonchev–Trinajstić information content (AvgIpc) is 3.12. The fraction of sp³-hybridized carbons (Fsp3) is 0.118. The molecule has 2 heterocycles. The molecule has 0 aliphatic carbocycles. The van der Waals surface area contributed by atoms with Crippen molar-refractivity contribution in [3.63, 3.8) is 0 Å². The highest BCUT2D eigenvalue weighted by atomic mass is 32.2. The van der Waals surface area contributed by atoms with Crippen molar-refractivity contribution in [2.24, 2.45) is 9.98 Å². The van der Waals surface area contributed by atoms with Crippen molar-refractivity contribution in [2.75, 3.05) is 0 Å². The zero-order chi connectivity index (χ0) is 17.8. The highest BCUT2D eigenvalue weighted by Gasteiger charge is 2.26. The Morgan fingerprint density at radius 2 is 2.08 bits per heavy atom. The number of hydrogen-bond acceptors (Lipinski definition) is 5. The monoisotopic (exact) mass is 354 g/mol. The van der Waals surface area contributed by atoms with Gasteiger partial charge in [0.25, 0.3) is 5.91 Å². The van der Waals surface area contributed by atoms with Gasteiger partial charge in [-0.2, -0.15) is 4.99 Å². The van der Waals surface area contributed by atoms with Crippen molar-refractivity contribution < 1.29 is 14.0 Å². The molecule has 2 N–H and O–H groups in total. The molecule has 7 nitrogen and oxygen atoms in total. The summed E-state index contributed by atoms with van der Waals surface area (Å²) in [6.45, 7) is 2.01. The van der Waals surface area contributed by atoms with Crippen LogP contribution in [0.25, 0.3) is 0 Å². The zero-order valence-electron chi connectivity index (χ0n) is 13.3. The molecule has 0 spiro atoms. The van der Waals surface area contributed by atoms with E-state index < -0.39 is 11.8 Å². The number of aliphatic imine (C=N–C) groups is 2. The van der Waals surface area contributed by atoms with E-state index in [0.29, 0.717) is 10.9 Å². The number of carbonyl (C=O) groups excluding carboxylic acids is 2. The summed E-state index contributed by atoms with van der Waals surface area (Å²) in [5, 5.41) is 10.7. The molecule has 8 heteroatoms. The Hall–Kier alpha value is -3.00. The minimum absolute atomic E-state index is 0.00313. The van der Waals surface area contributed by atoms with Gasteiger partial charge in [-0.3, -0.25) is 20.3 Å². The van der Waals surface area contributed by atoms with Crippen LogP contribution in [0.3, 0.4) is 0 Å². The number of amidine groups is 2. The number of rotatable bonds is 3. The van der Waals surface area contributed by atoms with E-state index in [9.17, 15) is 9.59 Å². The summed E-state index contributed by atoms with van der Waals surface area (Å²) in [7, 11) is 0. The SMILES string of the molecule is Cc1ccc(CSC2=NC(=N)C(=NC(=O)c3ccco3)C(=O)N2)cc1. The van der Waals surface area contributed by atoms with Crippen LogP contribution in [0.5, 0.6) is 0 Å². The maximum atomic E-state index is 12.1. The lowest BCUT2D eigenvalue weighted by Crippen LogP contribution is -2.43. The lowest BCUT2D eigenvalue weighted by atomic mass is 10.2. The summed E-state index contributed by atoms with van der Waals surface area (Å²) in [5.41, 5.74) is 1.91. The van der Waals surface area contributed by atoms with E-state index in [-0.39, 0.29) is 17.3 Å². The Morgan fingerprint density at radius 3 is 2.72 bits per heavy atom. The average molecular weight is 354 g/mol. The standard InChI is InChI=1S/C17H14N4O3S/c1-10-4-6-11(7-5-10)9-25-17-20-14(18)13(16(23)21-17)19-15(22)12-3-2-8-24-12/h2-8H,9H2,1H3,(H2,18,20,21,23). The van der Waals surface area contributed by atoms with E-state index in [1.807, 2.05) is 31.2 Å². The molecule has 0 saturated heterocycles. The summed E-state index contributed by atoms with van der Waals surface area (Å²) < 4.78 is 4.93. The molecule has 0 bridgehead atoms. The van der Waals surface area contributed by atoms with Crippen LogP contribution in [-0.4, -0.2) is 28.5 Å². The molecule has 0 unspecified atom stereocenters. The first kappa shape index (κ1) is 16.8. The maximum absolute atomic E-state index is 12.1. The summed E-state index contributed by atoms with van der Waals surface area (Å²) >= 11 is 1.30. The molecule has 0 saturated carbocycles. The second-order valence-electron chi connectivity index (χ2n) is 5.24. The van der Waals surface area contributed by atoms with E-state index in [2.05, 4.69) is 15.3 Å². The van der Waals surface area contributed by atoms with Gasteiger partial charge in [0.1, 0.15) is 0 Å². The topological polar surface area (TPSA) is 108 Å². The van der Waals surface area contributed by atoms with E-state index >= 15 is 0 Å². The fourth-order valence-corrected chi connectivity index (χ4v) is 2.83. The summed E-state index contributed by atoms with van der Waals surface area (Å²) in [5.74, 6) is -1.12. The van der Waals surface area contributed by atoms with Crippen LogP contribution in [0.4, 0.5) is 0 Å². The largest absolute Gasteiger partial charge is 0.459 e. The molecule has 1 aliphatic rings. The third kappa shape index (κ3) is 4.10. The van der Waals surface area contributed by atoms with Gasteiger partial charge in [-0.05, 0) is 24.6 Å². The third-order valence-corrected chi connectivity index (χ3v) is 4.26. The second kappa shape index (κ2) is 7.27. The van der Waals surface area contributed by atoms with E-state index in [0.717, 1.165) is 5.56 Å². The van der Waals surface area contributed by atoms with Gasteiger partial charge in [-0.25, -0.2) is 4.99 Å². The molecule has 1 aliphatic heterocycles. The summed E-state index contributed by atoms with van der Waals surface area (Å²) in [6.07, 6.45) is 1.33. The van der Waals surface area contributed by atoms with Gasteiger partial charge >= 0.3 is 5.91 Å². The minimum atomic E-state index is -0.731. The van der Waals surface area contributed by atoms with Gasteiger partial charge in [-0.15, -0.1) is 0 Å². The molecule has 1 aromatic carbocycles. The van der Waals surface area contributed by atoms with Crippen LogP contribution in [0, 0.1) is 12.3 Å². The Morgan fingerprint density at radius 1 is 1.32 bits per heavy atom. The van der Waals surface area contributed by atoms with Gasteiger partial charge in [0, 0.05) is 5.75 Å². The molecule has 3 rings (SSSR count). The van der Waals surface area contributed by atoms with Crippen molar-refractivity contribution in [1.29, 1.82) is 5.41 Å². The fourth-order valence-electron chi connectivity index (χ4n) is 2.01. The number of hydrogen-bond donors (Lipinski definition) is 2. The summed E-state index contributed by atoms with van der Waals surface area (Å²) in [6, 6.07) is 11.0. The Bertz CT molecular complexity index is 883. The Balaban J connectivity index is 1.69. The van der Waals surface area contributed by atoms with Crippen molar-refractivity contribution in [3.8, 4) is 0 Å². The lowest BCUT2D eigenvalue weighted by molar-refractivity contribution is -0.113. The molecule has 0 radical (unpaired) electrons. The van der Waals surface area contributed by atoms with Crippen molar-refractivity contribution >= 4 is 40.3 Å². The minimum Gasteiger partial charge on any atom is -0.459 e. The molecule has 25 heavy (non-hydrogen) atoms. The van der Waals surface area contributed by atoms with Crippen molar-refractivity contribution in [3.05, 3.63) is 59.5 Å². The van der Waals surface area contributed by atoms with E-state index in [1.54, 1.807) is 0 Å². The molecule has 0 atom stereocenters.